The molecule has 0 unspecified atom stereocenters. The van der Waals surface area contributed by atoms with E-state index in [2.05, 4.69) is 4.90 Å². The second-order valence-electron chi connectivity index (χ2n) is 7.98. The SMILES string of the molecule is COC(=O)c1ccc(CN2C[C@@H]3CN(C(C)=O)[C@@H](c4cccc(F)c4)[C@@H]3C2)cc1. The molecule has 5 nitrogen and oxygen atoms in total. The molecule has 152 valence electrons. The van der Waals surface area contributed by atoms with Crippen LogP contribution in [0.5, 0.6) is 0 Å². The van der Waals surface area contributed by atoms with Gasteiger partial charge in [-0.3, -0.25) is 9.69 Å². The van der Waals surface area contributed by atoms with Crippen molar-refractivity contribution in [3.05, 3.63) is 71.0 Å². The van der Waals surface area contributed by atoms with Gasteiger partial charge in [-0.15, -0.1) is 0 Å². The summed E-state index contributed by atoms with van der Waals surface area (Å²) in [5.41, 5.74) is 2.54. The second-order valence-corrected chi connectivity index (χ2v) is 7.98. The van der Waals surface area contributed by atoms with Gasteiger partial charge in [0.25, 0.3) is 0 Å². The summed E-state index contributed by atoms with van der Waals surface area (Å²) in [6, 6.07) is 14.0. The fourth-order valence-electron chi connectivity index (χ4n) is 4.83. The summed E-state index contributed by atoms with van der Waals surface area (Å²) in [5, 5.41) is 0. The number of halogens is 1. The van der Waals surface area contributed by atoms with Crippen molar-refractivity contribution in [2.24, 2.45) is 11.8 Å². The average Bonchev–Trinajstić information content (AvgIpc) is 3.25. The van der Waals surface area contributed by atoms with Crippen molar-refractivity contribution in [2.45, 2.75) is 19.5 Å². The first-order chi connectivity index (χ1) is 14.0. The van der Waals surface area contributed by atoms with Crippen LogP contribution in [0.3, 0.4) is 0 Å². The summed E-state index contributed by atoms with van der Waals surface area (Å²) >= 11 is 0. The molecule has 0 aromatic heterocycles. The van der Waals surface area contributed by atoms with Crippen LogP contribution in [-0.4, -0.2) is 48.4 Å². The van der Waals surface area contributed by atoms with Crippen LogP contribution in [0.25, 0.3) is 0 Å². The van der Waals surface area contributed by atoms with E-state index >= 15 is 0 Å². The Labute approximate surface area is 170 Å². The highest BCUT2D eigenvalue weighted by Crippen LogP contribution is 2.45. The van der Waals surface area contributed by atoms with E-state index in [0.717, 1.165) is 30.8 Å². The Balaban J connectivity index is 1.49. The van der Waals surface area contributed by atoms with Gasteiger partial charge in [0.15, 0.2) is 0 Å². The number of amides is 1. The zero-order chi connectivity index (χ0) is 20.5. The Morgan fingerprint density at radius 2 is 1.86 bits per heavy atom. The number of likely N-dealkylation sites (tertiary alicyclic amines) is 2. The van der Waals surface area contributed by atoms with E-state index in [9.17, 15) is 14.0 Å². The topological polar surface area (TPSA) is 49.9 Å². The van der Waals surface area contributed by atoms with E-state index in [1.807, 2.05) is 23.1 Å². The fourth-order valence-corrected chi connectivity index (χ4v) is 4.83. The molecule has 0 N–H and O–H groups in total. The number of carbonyl (C=O) groups is 2. The van der Waals surface area contributed by atoms with E-state index in [1.165, 1.54) is 13.2 Å². The lowest BCUT2D eigenvalue weighted by Crippen LogP contribution is -2.34. The van der Waals surface area contributed by atoms with Crippen LogP contribution in [-0.2, 0) is 16.1 Å². The van der Waals surface area contributed by atoms with Gasteiger partial charge < -0.3 is 9.64 Å². The third-order valence-electron chi connectivity index (χ3n) is 6.12. The van der Waals surface area contributed by atoms with Gasteiger partial charge >= 0.3 is 5.97 Å². The molecule has 0 saturated carbocycles. The molecule has 4 rings (SSSR count). The van der Waals surface area contributed by atoms with Crippen molar-refractivity contribution in [2.75, 3.05) is 26.7 Å². The second kappa shape index (κ2) is 7.95. The first-order valence-corrected chi connectivity index (χ1v) is 9.88. The van der Waals surface area contributed by atoms with Crippen LogP contribution >= 0.6 is 0 Å². The minimum Gasteiger partial charge on any atom is -0.465 e. The molecule has 0 aliphatic carbocycles. The van der Waals surface area contributed by atoms with Crippen molar-refractivity contribution in [3.63, 3.8) is 0 Å². The summed E-state index contributed by atoms with van der Waals surface area (Å²) in [4.78, 5) is 28.1. The number of esters is 1. The van der Waals surface area contributed by atoms with Crippen LogP contribution in [0.15, 0.2) is 48.5 Å². The lowest BCUT2D eigenvalue weighted by molar-refractivity contribution is -0.130. The van der Waals surface area contributed by atoms with Crippen LogP contribution in [0, 0.1) is 17.7 Å². The molecule has 2 saturated heterocycles. The highest BCUT2D eigenvalue weighted by atomic mass is 19.1. The number of ether oxygens (including phenoxy) is 1. The van der Waals surface area contributed by atoms with E-state index in [1.54, 1.807) is 31.2 Å². The molecule has 0 spiro atoms. The molecule has 2 aromatic carbocycles. The van der Waals surface area contributed by atoms with Gasteiger partial charge in [0.1, 0.15) is 5.82 Å². The number of rotatable bonds is 4. The Morgan fingerprint density at radius 1 is 1.10 bits per heavy atom. The maximum atomic E-state index is 13.8. The van der Waals surface area contributed by atoms with E-state index in [-0.39, 0.29) is 29.7 Å². The number of methoxy groups -OCH3 is 1. The van der Waals surface area contributed by atoms with Gasteiger partial charge in [-0.1, -0.05) is 24.3 Å². The zero-order valence-electron chi connectivity index (χ0n) is 16.7. The molecule has 0 bridgehead atoms. The van der Waals surface area contributed by atoms with Crippen molar-refractivity contribution in [1.82, 2.24) is 9.80 Å². The van der Waals surface area contributed by atoms with Crippen LogP contribution < -0.4 is 0 Å². The summed E-state index contributed by atoms with van der Waals surface area (Å²) < 4.78 is 18.6. The molecule has 1 amide bonds. The van der Waals surface area contributed by atoms with Crippen LogP contribution in [0.4, 0.5) is 4.39 Å². The lowest BCUT2D eigenvalue weighted by Gasteiger charge is -2.29. The predicted molar refractivity (Wildman–Crippen MR) is 107 cm³/mol. The Bertz CT molecular complexity index is 915. The molecule has 2 heterocycles. The largest absolute Gasteiger partial charge is 0.465 e. The summed E-state index contributed by atoms with van der Waals surface area (Å²) in [5.74, 6) is 0.0969. The number of hydrogen-bond donors (Lipinski definition) is 0. The van der Waals surface area contributed by atoms with E-state index in [4.69, 9.17) is 4.74 Å². The first-order valence-electron chi connectivity index (χ1n) is 9.88. The molecule has 0 radical (unpaired) electrons. The molecule has 2 aliphatic heterocycles. The van der Waals surface area contributed by atoms with Crippen LogP contribution in [0.1, 0.15) is 34.5 Å². The van der Waals surface area contributed by atoms with Gasteiger partial charge in [-0.05, 0) is 41.3 Å². The maximum absolute atomic E-state index is 13.8. The van der Waals surface area contributed by atoms with Gasteiger partial charge in [-0.25, -0.2) is 9.18 Å². The Hall–Kier alpha value is -2.73. The summed E-state index contributed by atoms with van der Waals surface area (Å²) in [6.45, 7) is 4.84. The molecule has 29 heavy (non-hydrogen) atoms. The Morgan fingerprint density at radius 3 is 2.52 bits per heavy atom. The van der Waals surface area contributed by atoms with Gasteiger partial charge in [0.2, 0.25) is 5.91 Å². The Kier molecular flexibility index (Phi) is 5.37. The number of nitrogens with zero attached hydrogens (tertiary/aromatic N) is 2. The van der Waals surface area contributed by atoms with Crippen molar-refractivity contribution in [3.8, 4) is 0 Å². The van der Waals surface area contributed by atoms with Crippen LogP contribution in [0.2, 0.25) is 0 Å². The lowest BCUT2D eigenvalue weighted by atomic mass is 9.89. The van der Waals surface area contributed by atoms with Crippen molar-refractivity contribution < 1.29 is 18.7 Å². The minimum absolute atomic E-state index is 0.0404. The molecule has 2 aromatic rings. The van der Waals surface area contributed by atoms with Gasteiger partial charge in [0, 0.05) is 39.0 Å². The maximum Gasteiger partial charge on any atom is 0.337 e. The summed E-state index contributed by atoms with van der Waals surface area (Å²) in [6.07, 6.45) is 0. The summed E-state index contributed by atoms with van der Waals surface area (Å²) in [7, 11) is 1.37. The first kappa shape index (κ1) is 19.6. The molecular formula is C23H25FN2O3. The van der Waals surface area contributed by atoms with E-state index < -0.39 is 0 Å². The number of carbonyl (C=O) groups excluding carboxylic acids is 2. The zero-order valence-corrected chi connectivity index (χ0v) is 16.7. The molecule has 2 aliphatic rings. The van der Waals surface area contributed by atoms with Crippen molar-refractivity contribution in [1.29, 1.82) is 0 Å². The standard InChI is InChI=1S/C23H25FN2O3/c1-15(27)26-13-19-12-25(11-16-6-8-17(9-7-16)23(28)29-2)14-21(19)22(26)18-4-3-5-20(24)10-18/h3-10,19,21-22H,11-14H2,1-2H3/t19-,21-,22+/m1/s1. The highest BCUT2D eigenvalue weighted by Gasteiger charge is 2.48. The quantitative estimate of drug-likeness (QED) is 0.745. The molecule has 6 heteroatoms. The highest BCUT2D eigenvalue weighted by molar-refractivity contribution is 5.89. The number of fused-ring (bicyclic) bond motifs is 1. The number of benzene rings is 2. The van der Waals surface area contributed by atoms with Crippen molar-refractivity contribution >= 4 is 11.9 Å². The average molecular weight is 396 g/mol. The third kappa shape index (κ3) is 3.90. The van der Waals surface area contributed by atoms with Gasteiger partial charge in [-0.2, -0.15) is 0 Å². The molecular weight excluding hydrogens is 371 g/mol. The smallest absolute Gasteiger partial charge is 0.337 e. The van der Waals surface area contributed by atoms with E-state index in [0.29, 0.717) is 18.0 Å². The monoisotopic (exact) mass is 396 g/mol. The minimum atomic E-state index is -0.338. The molecule has 2 fully saturated rings. The van der Waals surface area contributed by atoms with Gasteiger partial charge in [0.05, 0.1) is 18.7 Å². The fraction of sp³-hybridized carbons (Fsp3) is 0.391. The third-order valence-corrected chi connectivity index (χ3v) is 6.12. The normalized spacial score (nSPS) is 23.8. The number of hydrogen-bond acceptors (Lipinski definition) is 4. The molecule has 3 atom stereocenters. The predicted octanol–water partition coefficient (Wildman–Crippen LogP) is 3.26.